The Morgan fingerprint density at radius 2 is 2.14 bits per heavy atom. The number of aromatic nitrogens is 3. The molecular formula is C14H10ClN3O3. The summed E-state index contributed by atoms with van der Waals surface area (Å²) in [5.74, 6) is -1.31. The zero-order valence-corrected chi connectivity index (χ0v) is 11.7. The highest BCUT2D eigenvalue weighted by molar-refractivity contribution is 6.30. The zero-order valence-electron chi connectivity index (χ0n) is 10.9. The lowest BCUT2D eigenvalue weighted by Crippen LogP contribution is -2.26. The molecule has 21 heavy (non-hydrogen) atoms. The van der Waals surface area contributed by atoms with Crippen LogP contribution >= 0.6 is 11.6 Å². The maximum Gasteiger partial charge on any atom is 0.343 e. The van der Waals surface area contributed by atoms with Crippen LogP contribution in [0.5, 0.6) is 0 Å². The van der Waals surface area contributed by atoms with Crippen LogP contribution in [-0.2, 0) is 0 Å². The molecule has 0 atom stereocenters. The van der Waals surface area contributed by atoms with Gasteiger partial charge in [-0.15, -0.1) is 0 Å². The van der Waals surface area contributed by atoms with E-state index in [-0.39, 0.29) is 5.56 Å². The Hall–Kier alpha value is -2.60. The first kappa shape index (κ1) is 13.4. The van der Waals surface area contributed by atoms with E-state index in [4.69, 9.17) is 16.7 Å². The Kier molecular flexibility index (Phi) is 3.03. The summed E-state index contributed by atoms with van der Waals surface area (Å²) in [6, 6.07) is 6.91. The maximum absolute atomic E-state index is 12.4. The first-order valence-corrected chi connectivity index (χ1v) is 6.46. The maximum atomic E-state index is 12.4. The van der Waals surface area contributed by atoms with Crippen LogP contribution < -0.4 is 5.56 Å². The van der Waals surface area contributed by atoms with Gasteiger partial charge < -0.3 is 5.11 Å². The van der Waals surface area contributed by atoms with E-state index >= 15 is 0 Å². The molecule has 3 aromatic rings. The number of carboxylic acid groups (broad SMARTS) is 1. The fraction of sp³-hybridized carbons (Fsp3) is 0.0714. The molecule has 0 unspecified atom stereocenters. The highest BCUT2D eigenvalue weighted by Crippen LogP contribution is 2.17. The molecule has 0 aliphatic rings. The number of benzene rings is 1. The summed E-state index contributed by atoms with van der Waals surface area (Å²) in [4.78, 5) is 27.5. The lowest BCUT2D eigenvalue weighted by molar-refractivity contribution is 0.0694. The monoisotopic (exact) mass is 303 g/mol. The molecule has 0 radical (unpaired) electrons. The third-order valence-electron chi connectivity index (χ3n) is 3.13. The average molecular weight is 304 g/mol. The normalized spacial score (nSPS) is 11.0. The number of carbonyl (C=O) groups is 1. The van der Waals surface area contributed by atoms with Crippen LogP contribution in [-0.4, -0.2) is 25.3 Å². The van der Waals surface area contributed by atoms with Gasteiger partial charge >= 0.3 is 5.97 Å². The fourth-order valence-electron chi connectivity index (χ4n) is 2.17. The Bertz CT molecular complexity index is 927. The topological polar surface area (TPSA) is 76.6 Å². The van der Waals surface area contributed by atoms with Gasteiger partial charge in [0.25, 0.3) is 5.56 Å². The van der Waals surface area contributed by atoms with Crippen molar-refractivity contribution in [3.8, 4) is 5.69 Å². The van der Waals surface area contributed by atoms with E-state index in [0.29, 0.717) is 16.4 Å². The molecular weight excluding hydrogens is 294 g/mol. The quantitative estimate of drug-likeness (QED) is 0.787. The summed E-state index contributed by atoms with van der Waals surface area (Å²) < 4.78 is 2.77. The van der Waals surface area contributed by atoms with Gasteiger partial charge in [0.05, 0.1) is 5.69 Å². The second-order valence-electron chi connectivity index (χ2n) is 4.55. The SMILES string of the molecule is Cc1cn(-c2cccc(Cl)c2)n2c(=O)c(C(=O)O)cnc12. The number of carboxylic acids is 1. The Balaban J connectivity index is 2.41. The predicted molar refractivity (Wildman–Crippen MR) is 77.5 cm³/mol. The number of hydrogen-bond donors (Lipinski definition) is 1. The molecule has 0 saturated heterocycles. The van der Waals surface area contributed by atoms with E-state index in [1.807, 2.05) is 0 Å². The van der Waals surface area contributed by atoms with E-state index in [9.17, 15) is 9.59 Å². The van der Waals surface area contributed by atoms with Crippen molar-refractivity contribution in [2.24, 2.45) is 0 Å². The number of fused-ring (bicyclic) bond motifs is 1. The van der Waals surface area contributed by atoms with Crippen molar-refractivity contribution in [3.63, 3.8) is 0 Å². The van der Waals surface area contributed by atoms with Crippen LogP contribution in [0, 0.1) is 6.92 Å². The molecule has 6 nitrogen and oxygen atoms in total. The molecule has 3 rings (SSSR count). The van der Waals surface area contributed by atoms with Crippen molar-refractivity contribution in [1.29, 1.82) is 0 Å². The van der Waals surface area contributed by atoms with Gasteiger partial charge in [0, 0.05) is 23.0 Å². The predicted octanol–water partition coefficient (Wildman–Crippen LogP) is 2.15. The summed E-state index contributed by atoms with van der Waals surface area (Å²) in [7, 11) is 0. The van der Waals surface area contributed by atoms with Gasteiger partial charge in [0.15, 0.2) is 5.65 Å². The summed E-state index contributed by atoms with van der Waals surface area (Å²) in [5.41, 5.74) is 0.787. The highest BCUT2D eigenvalue weighted by atomic mass is 35.5. The third-order valence-corrected chi connectivity index (χ3v) is 3.36. The molecule has 0 spiro atoms. The van der Waals surface area contributed by atoms with Crippen LogP contribution in [0.4, 0.5) is 0 Å². The van der Waals surface area contributed by atoms with Crippen LogP contribution in [0.3, 0.4) is 0 Å². The summed E-state index contributed by atoms with van der Waals surface area (Å²) in [5, 5.41) is 9.57. The molecule has 1 aromatic carbocycles. The van der Waals surface area contributed by atoms with Crippen LogP contribution in [0.2, 0.25) is 5.02 Å². The van der Waals surface area contributed by atoms with Crippen LogP contribution in [0.25, 0.3) is 11.3 Å². The molecule has 0 saturated carbocycles. The molecule has 2 aromatic heterocycles. The lowest BCUT2D eigenvalue weighted by Gasteiger charge is -2.07. The number of aromatic carboxylic acids is 1. The van der Waals surface area contributed by atoms with Crippen molar-refractivity contribution in [2.45, 2.75) is 6.92 Å². The average Bonchev–Trinajstić information content (AvgIpc) is 2.77. The minimum Gasteiger partial charge on any atom is -0.477 e. The number of rotatable bonds is 2. The molecule has 0 amide bonds. The van der Waals surface area contributed by atoms with Crippen molar-refractivity contribution >= 4 is 23.2 Å². The van der Waals surface area contributed by atoms with E-state index in [1.54, 1.807) is 42.1 Å². The van der Waals surface area contributed by atoms with E-state index in [1.165, 1.54) is 4.52 Å². The van der Waals surface area contributed by atoms with Gasteiger partial charge in [-0.3, -0.25) is 9.48 Å². The van der Waals surface area contributed by atoms with Gasteiger partial charge in [0.2, 0.25) is 0 Å². The highest BCUT2D eigenvalue weighted by Gasteiger charge is 2.16. The van der Waals surface area contributed by atoms with Crippen molar-refractivity contribution in [1.82, 2.24) is 14.2 Å². The number of aryl methyl sites for hydroxylation is 1. The first-order valence-electron chi connectivity index (χ1n) is 6.08. The van der Waals surface area contributed by atoms with E-state index in [0.717, 1.165) is 11.8 Å². The van der Waals surface area contributed by atoms with Gasteiger partial charge in [-0.1, -0.05) is 17.7 Å². The van der Waals surface area contributed by atoms with Gasteiger partial charge in [-0.25, -0.2) is 9.78 Å². The van der Waals surface area contributed by atoms with Gasteiger partial charge in [0.1, 0.15) is 5.56 Å². The summed E-state index contributed by atoms with van der Waals surface area (Å²) in [6.45, 7) is 1.79. The van der Waals surface area contributed by atoms with Crippen molar-refractivity contribution < 1.29 is 9.90 Å². The zero-order chi connectivity index (χ0) is 15.1. The van der Waals surface area contributed by atoms with Crippen molar-refractivity contribution in [3.05, 3.63) is 63.2 Å². The van der Waals surface area contributed by atoms with Crippen LogP contribution in [0.1, 0.15) is 15.9 Å². The molecule has 1 N–H and O–H groups in total. The second kappa shape index (κ2) is 4.75. The largest absolute Gasteiger partial charge is 0.477 e. The molecule has 7 heteroatoms. The number of halogens is 1. The molecule has 0 aliphatic heterocycles. The summed E-state index contributed by atoms with van der Waals surface area (Å²) >= 11 is 5.96. The van der Waals surface area contributed by atoms with Crippen LogP contribution in [0.15, 0.2) is 41.5 Å². The first-order chi connectivity index (χ1) is 9.99. The Labute approximate surface area is 123 Å². The smallest absolute Gasteiger partial charge is 0.343 e. The lowest BCUT2D eigenvalue weighted by atomic mass is 10.3. The molecule has 2 heterocycles. The van der Waals surface area contributed by atoms with Crippen molar-refractivity contribution in [2.75, 3.05) is 0 Å². The molecule has 0 bridgehead atoms. The minimum atomic E-state index is -1.31. The summed E-state index contributed by atoms with van der Waals surface area (Å²) in [6.07, 6.45) is 2.79. The Morgan fingerprint density at radius 1 is 1.38 bits per heavy atom. The minimum absolute atomic E-state index is 0.381. The fourth-order valence-corrected chi connectivity index (χ4v) is 2.35. The Morgan fingerprint density at radius 3 is 2.81 bits per heavy atom. The standard InChI is InChI=1S/C14H10ClN3O3/c1-8-7-17(10-4-2-3-9(15)5-10)18-12(8)16-6-11(13(18)19)14(20)21/h2-7H,1H3,(H,20,21). The van der Waals surface area contributed by atoms with Gasteiger partial charge in [-0.05, 0) is 25.1 Å². The molecule has 0 fully saturated rings. The van der Waals surface area contributed by atoms with Gasteiger partial charge in [-0.2, -0.15) is 4.52 Å². The third kappa shape index (κ3) is 2.09. The number of nitrogens with zero attached hydrogens (tertiary/aromatic N) is 3. The molecule has 0 aliphatic carbocycles. The molecule has 106 valence electrons. The number of hydrogen-bond acceptors (Lipinski definition) is 3. The second-order valence-corrected chi connectivity index (χ2v) is 4.99. The van der Waals surface area contributed by atoms with E-state index < -0.39 is 11.5 Å². The van der Waals surface area contributed by atoms with E-state index in [2.05, 4.69) is 4.98 Å².